The van der Waals surface area contributed by atoms with Crippen molar-refractivity contribution in [1.29, 1.82) is 0 Å². The Morgan fingerprint density at radius 1 is 0.927 bits per heavy atom. The molecular weight excluding hydrogens is 512 g/mol. The van der Waals surface area contributed by atoms with E-state index < -0.39 is 0 Å². The van der Waals surface area contributed by atoms with E-state index in [1.165, 1.54) is 29.2 Å². The minimum Gasteiger partial charge on any atom is -0.435 e. The van der Waals surface area contributed by atoms with Crippen molar-refractivity contribution in [2.45, 2.75) is 64.7 Å². The van der Waals surface area contributed by atoms with Crippen LogP contribution in [0.4, 0.5) is 11.4 Å². The lowest BCUT2D eigenvalue weighted by molar-refractivity contribution is -0.436. The largest absolute Gasteiger partial charge is 0.435 e. The maximum absolute atomic E-state index is 12.2. The molecule has 0 atom stereocenters. The van der Waals surface area contributed by atoms with Crippen LogP contribution in [0, 0.1) is 0 Å². The van der Waals surface area contributed by atoms with Crippen LogP contribution in [0.3, 0.4) is 0 Å². The van der Waals surface area contributed by atoms with Crippen molar-refractivity contribution in [3.63, 3.8) is 0 Å². The van der Waals surface area contributed by atoms with Crippen LogP contribution in [0.2, 0.25) is 0 Å². The number of nitrogens with zero attached hydrogens (tertiary/aromatic N) is 2. The molecule has 2 aromatic rings. The second-order valence-electron chi connectivity index (χ2n) is 11.4. The van der Waals surface area contributed by atoms with Crippen molar-refractivity contribution in [2.75, 3.05) is 18.0 Å². The summed E-state index contributed by atoms with van der Waals surface area (Å²) in [4.78, 5) is 26.6. The predicted octanol–water partition coefficient (Wildman–Crippen LogP) is 7.02. The average molecular weight is 554 g/mol. The highest BCUT2D eigenvalue weighted by atomic mass is 16.5. The Morgan fingerprint density at radius 2 is 1.61 bits per heavy atom. The third kappa shape index (κ3) is 5.83. The summed E-state index contributed by atoms with van der Waals surface area (Å²) in [5.74, 6) is -0.617. The number of esters is 2. The molecule has 0 aromatic heterocycles. The molecule has 6 nitrogen and oxygen atoms in total. The quantitative estimate of drug-likeness (QED) is 0.170. The fraction of sp³-hybridized carbons (Fsp3) is 0.343. The maximum Gasteiger partial charge on any atom is 0.317 e. The molecular formula is C35H41N2O4+. The second-order valence-corrected chi connectivity index (χ2v) is 11.4. The van der Waals surface area contributed by atoms with Gasteiger partial charge in [-0.05, 0) is 43.5 Å². The van der Waals surface area contributed by atoms with E-state index in [2.05, 4.69) is 112 Å². The third-order valence-corrected chi connectivity index (χ3v) is 8.18. The Hall–Kier alpha value is -4.19. The molecule has 0 aliphatic carbocycles. The van der Waals surface area contributed by atoms with E-state index in [9.17, 15) is 9.59 Å². The molecule has 6 heteroatoms. The first-order valence-corrected chi connectivity index (χ1v) is 14.2. The summed E-state index contributed by atoms with van der Waals surface area (Å²) in [5.41, 5.74) is 7.65. The summed E-state index contributed by atoms with van der Waals surface area (Å²) >= 11 is 0. The van der Waals surface area contributed by atoms with Crippen molar-refractivity contribution in [3.05, 3.63) is 109 Å². The number of aryl methyl sites for hydroxylation is 1. The highest BCUT2D eigenvalue weighted by molar-refractivity contribution is 6.03. The molecule has 2 aromatic carbocycles. The van der Waals surface area contributed by atoms with E-state index in [0.717, 1.165) is 29.2 Å². The number of ether oxygens (including phenoxy) is 2. The van der Waals surface area contributed by atoms with E-state index in [1.54, 1.807) is 0 Å². The van der Waals surface area contributed by atoms with Gasteiger partial charge in [0.2, 0.25) is 5.69 Å². The van der Waals surface area contributed by atoms with Crippen LogP contribution in [0.25, 0.3) is 0 Å². The Morgan fingerprint density at radius 3 is 2.29 bits per heavy atom. The number of allylic oxidation sites excluding steroid dienone is 4. The van der Waals surface area contributed by atoms with Crippen LogP contribution < -0.4 is 4.90 Å². The van der Waals surface area contributed by atoms with Gasteiger partial charge in [0.25, 0.3) is 0 Å². The Bertz CT molecular complexity index is 1460. The average Bonchev–Trinajstić information content (AvgIpc) is 3.29. The van der Waals surface area contributed by atoms with Gasteiger partial charge in [0.15, 0.2) is 12.3 Å². The molecule has 0 saturated heterocycles. The van der Waals surface area contributed by atoms with Crippen molar-refractivity contribution in [1.82, 2.24) is 0 Å². The van der Waals surface area contributed by atoms with E-state index in [4.69, 9.17) is 9.47 Å². The van der Waals surface area contributed by atoms with E-state index in [0.29, 0.717) is 13.1 Å². The van der Waals surface area contributed by atoms with Crippen molar-refractivity contribution < 1.29 is 23.6 Å². The molecule has 4 rings (SSSR count). The lowest BCUT2D eigenvalue weighted by Gasteiger charge is -2.26. The molecule has 2 aliphatic rings. The molecule has 2 heterocycles. The number of carbonyl (C=O) groups excluding carboxylic acids is 2. The summed E-state index contributed by atoms with van der Waals surface area (Å²) in [6.45, 7) is 19.0. The van der Waals surface area contributed by atoms with Crippen LogP contribution >= 0.6 is 0 Å². The molecule has 0 amide bonds. The molecule has 0 N–H and O–H groups in total. The first-order valence-electron chi connectivity index (χ1n) is 14.2. The maximum atomic E-state index is 12.2. The summed E-state index contributed by atoms with van der Waals surface area (Å²) in [6, 6.07) is 14.9. The van der Waals surface area contributed by atoms with Gasteiger partial charge in [-0.1, -0.05) is 70.3 Å². The number of anilines is 1. The van der Waals surface area contributed by atoms with E-state index in [1.807, 2.05) is 6.07 Å². The summed E-state index contributed by atoms with van der Waals surface area (Å²) in [5, 5.41) is 0. The molecule has 0 unspecified atom stereocenters. The van der Waals surface area contributed by atoms with Crippen LogP contribution in [0.5, 0.6) is 0 Å². The van der Waals surface area contributed by atoms with E-state index >= 15 is 0 Å². The number of benzene rings is 2. The summed E-state index contributed by atoms with van der Waals surface area (Å²) in [6.07, 6.45) is 10.2. The predicted molar refractivity (Wildman–Crippen MR) is 164 cm³/mol. The van der Waals surface area contributed by atoms with Gasteiger partial charge in [-0.2, -0.15) is 4.58 Å². The van der Waals surface area contributed by atoms with Crippen molar-refractivity contribution >= 4 is 29.0 Å². The van der Waals surface area contributed by atoms with Gasteiger partial charge in [-0.25, -0.2) is 0 Å². The summed E-state index contributed by atoms with van der Waals surface area (Å²) < 4.78 is 12.2. The number of hydrogen-bond donors (Lipinski definition) is 0. The SMILES string of the molecule is C=COC(=O)CCN1C(=CC=CC2=[N+](CCC(=O)OC=C)c3ccccc3C2(C)C)C(C)(C)c2cc(CC)ccc21. The minimum absolute atomic E-state index is 0.242. The van der Waals surface area contributed by atoms with Crippen LogP contribution in [-0.2, 0) is 36.3 Å². The first kappa shape index (κ1) is 29.8. The molecule has 214 valence electrons. The third-order valence-electron chi connectivity index (χ3n) is 8.18. The van der Waals surface area contributed by atoms with Gasteiger partial charge in [-0.15, -0.1) is 0 Å². The Labute approximate surface area is 244 Å². The number of carbonyl (C=O) groups is 2. The van der Waals surface area contributed by atoms with Gasteiger partial charge in [0.05, 0.1) is 24.4 Å². The molecule has 41 heavy (non-hydrogen) atoms. The highest BCUT2D eigenvalue weighted by Gasteiger charge is 2.44. The lowest BCUT2D eigenvalue weighted by atomic mass is 9.81. The van der Waals surface area contributed by atoms with Gasteiger partial charge in [0.1, 0.15) is 6.42 Å². The number of rotatable bonds is 11. The molecule has 0 fully saturated rings. The van der Waals surface area contributed by atoms with Gasteiger partial charge in [0, 0.05) is 41.1 Å². The lowest BCUT2D eigenvalue weighted by Crippen LogP contribution is -2.29. The van der Waals surface area contributed by atoms with Crippen molar-refractivity contribution in [3.8, 4) is 0 Å². The number of fused-ring (bicyclic) bond motifs is 2. The zero-order chi connectivity index (χ0) is 29.8. The van der Waals surface area contributed by atoms with Crippen LogP contribution in [0.1, 0.15) is 64.2 Å². The standard InChI is InChI=1S/C35H41N2O4/c1-8-25-18-19-29-27(24-25)35(6,7)31(37(29)23-21-33(39)41-10-3)17-13-16-30-34(4,5)26-14-11-12-15-28(26)36(30)22-20-32(38)40-9-2/h9-19,24H,2-3,8,20-23H2,1,4-7H3/q+1. The highest BCUT2D eigenvalue weighted by Crippen LogP contribution is 2.48. The molecule has 2 aliphatic heterocycles. The normalized spacial score (nSPS) is 17.5. The topological polar surface area (TPSA) is 58.8 Å². The second kappa shape index (κ2) is 12.1. The molecule has 0 saturated carbocycles. The number of para-hydroxylation sites is 1. The Kier molecular flexibility index (Phi) is 8.81. The first-order chi connectivity index (χ1) is 19.6. The fourth-order valence-electron chi connectivity index (χ4n) is 6.01. The van der Waals surface area contributed by atoms with Gasteiger partial charge in [-0.3, -0.25) is 9.59 Å². The summed E-state index contributed by atoms with van der Waals surface area (Å²) in [7, 11) is 0. The minimum atomic E-state index is -0.310. The smallest absolute Gasteiger partial charge is 0.317 e. The Balaban J connectivity index is 1.74. The van der Waals surface area contributed by atoms with Crippen LogP contribution in [0.15, 0.2) is 92.1 Å². The zero-order valence-corrected chi connectivity index (χ0v) is 24.9. The number of hydrogen-bond acceptors (Lipinski definition) is 5. The van der Waals surface area contributed by atoms with E-state index in [-0.39, 0.29) is 35.6 Å². The fourth-order valence-corrected chi connectivity index (χ4v) is 6.01. The molecule has 0 spiro atoms. The van der Waals surface area contributed by atoms with Gasteiger partial charge >= 0.3 is 11.9 Å². The zero-order valence-electron chi connectivity index (χ0n) is 24.9. The monoisotopic (exact) mass is 553 g/mol. The van der Waals surface area contributed by atoms with Crippen LogP contribution in [-0.4, -0.2) is 35.3 Å². The van der Waals surface area contributed by atoms with Gasteiger partial charge < -0.3 is 14.4 Å². The molecule has 0 bridgehead atoms. The molecule has 0 radical (unpaired) electrons. The van der Waals surface area contributed by atoms with Crippen molar-refractivity contribution in [2.24, 2.45) is 0 Å².